The number of phenols is 1. The van der Waals surface area contributed by atoms with Gasteiger partial charge in [-0.2, -0.15) is 0 Å². The third-order valence-corrected chi connectivity index (χ3v) is 4.56. The molecular formula is C24H18O4. The molecule has 0 saturated heterocycles. The molecule has 0 bridgehead atoms. The van der Waals surface area contributed by atoms with E-state index in [1.165, 1.54) is 6.07 Å². The Kier molecular flexibility index (Phi) is 4.32. The number of carbonyl (C=O) groups excluding carboxylic acids is 1. The van der Waals surface area contributed by atoms with Crippen LogP contribution in [0.25, 0.3) is 28.0 Å². The van der Waals surface area contributed by atoms with Crippen LogP contribution in [-0.2, 0) is 0 Å². The van der Waals surface area contributed by atoms with Crippen molar-refractivity contribution in [1.82, 2.24) is 0 Å². The third kappa shape index (κ3) is 2.99. The summed E-state index contributed by atoms with van der Waals surface area (Å²) >= 11 is 0. The number of phenolic OH excluding ortho intramolecular Hbond substituents is 1. The number of carbonyl (C=O) groups is 1. The Bertz CT molecular complexity index is 1320. The van der Waals surface area contributed by atoms with Gasteiger partial charge in [0, 0.05) is 11.1 Å². The van der Waals surface area contributed by atoms with E-state index in [9.17, 15) is 14.7 Å². The normalized spacial score (nSPS) is 10.9. The van der Waals surface area contributed by atoms with Crippen molar-refractivity contribution in [2.75, 3.05) is 0 Å². The number of rotatable bonds is 3. The Morgan fingerprint density at radius 3 is 2.43 bits per heavy atom. The van der Waals surface area contributed by atoms with Crippen molar-refractivity contribution < 1.29 is 14.3 Å². The van der Waals surface area contributed by atoms with Crippen molar-refractivity contribution >= 4 is 33.8 Å². The molecular weight excluding hydrogens is 352 g/mol. The highest BCUT2D eigenvalue weighted by Gasteiger charge is 2.18. The van der Waals surface area contributed by atoms with Crippen LogP contribution < -0.4 is 5.43 Å². The minimum absolute atomic E-state index is 0.0955. The predicted octanol–water partition coefficient (Wildman–Crippen LogP) is 5.31. The van der Waals surface area contributed by atoms with Gasteiger partial charge >= 0.3 is 0 Å². The van der Waals surface area contributed by atoms with Crippen LogP contribution in [-0.4, -0.2) is 10.9 Å². The van der Waals surface area contributed by atoms with Gasteiger partial charge in [0.2, 0.25) is 5.43 Å². The molecule has 1 N–H and O–H groups in total. The number of hydrogen-bond donors (Lipinski definition) is 1. The van der Waals surface area contributed by atoms with Crippen molar-refractivity contribution in [2.24, 2.45) is 0 Å². The zero-order valence-electron chi connectivity index (χ0n) is 15.5. The van der Waals surface area contributed by atoms with Gasteiger partial charge < -0.3 is 9.52 Å². The van der Waals surface area contributed by atoms with Gasteiger partial charge in [-0.05, 0) is 50.2 Å². The van der Waals surface area contributed by atoms with Gasteiger partial charge in [-0.3, -0.25) is 9.59 Å². The maximum absolute atomic E-state index is 13.1. The van der Waals surface area contributed by atoms with Crippen LogP contribution in [0.15, 0.2) is 75.4 Å². The fourth-order valence-electron chi connectivity index (χ4n) is 3.30. The molecule has 138 valence electrons. The number of ketones is 1. The Hall–Kier alpha value is -3.66. The predicted molar refractivity (Wildman–Crippen MR) is 111 cm³/mol. The van der Waals surface area contributed by atoms with E-state index in [4.69, 9.17) is 4.42 Å². The largest absolute Gasteiger partial charge is 0.507 e. The summed E-state index contributed by atoms with van der Waals surface area (Å²) in [4.78, 5) is 26.1. The molecule has 0 spiro atoms. The molecule has 0 amide bonds. The zero-order chi connectivity index (χ0) is 19.8. The monoisotopic (exact) mass is 370 g/mol. The highest BCUT2D eigenvalue weighted by atomic mass is 16.3. The molecule has 0 aliphatic heterocycles. The fourth-order valence-corrected chi connectivity index (χ4v) is 3.30. The van der Waals surface area contributed by atoms with E-state index in [1.54, 1.807) is 48.5 Å². The highest BCUT2D eigenvalue weighted by molar-refractivity contribution is 6.13. The first-order chi connectivity index (χ1) is 13.5. The van der Waals surface area contributed by atoms with Gasteiger partial charge in [0.05, 0.1) is 16.3 Å². The van der Waals surface area contributed by atoms with E-state index in [-0.39, 0.29) is 22.5 Å². The average Bonchev–Trinajstić information content (AvgIpc) is 2.68. The molecule has 0 atom stereocenters. The number of aromatic hydroxyl groups is 1. The summed E-state index contributed by atoms with van der Waals surface area (Å²) in [7, 11) is 0. The Morgan fingerprint density at radius 2 is 1.68 bits per heavy atom. The molecule has 0 fully saturated rings. The lowest BCUT2D eigenvalue weighted by Gasteiger charge is -2.09. The van der Waals surface area contributed by atoms with Gasteiger partial charge in [0.15, 0.2) is 5.78 Å². The molecule has 0 saturated carbocycles. The summed E-state index contributed by atoms with van der Waals surface area (Å²) in [6.07, 6.45) is 1.88. The lowest BCUT2D eigenvalue weighted by Crippen LogP contribution is -2.07. The van der Waals surface area contributed by atoms with Crippen molar-refractivity contribution in [1.29, 1.82) is 0 Å². The molecule has 4 aromatic rings. The first-order valence-electron chi connectivity index (χ1n) is 8.93. The summed E-state index contributed by atoms with van der Waals surface area (Å²) in [6.45, 7) is 3.87. The first-order valence-corrected chi connectivity index (χ1v) is 8.93. The quantitative estimate of drug-likeness (QED) is 0.392. The zero-order valence-corrected chi connectivity index (χ0v) is 15.5. The van der Waals surface area contributed by atoms with Crippen molar-refractivity contribution in [3.63, 3.8) is 0 Å². The smallest absolute Gasteiger partial charge is 0.200 e. The van der Waals surface area contributed by atoms with Crippen LogP contribution in [0.4, 0.5) is 0 Å². The lowest BCUT2D eigenvalue weighted by atomic mass is 9.97. The van der Waals surface area contributed by atoms with Gasteiger partial charge in [-0.15, -0.1) is 0 Å². The average molecular weight is 370 g/mol. The second kappa shape index (κ2) is 6.82. The van der Waals surface area contributed by atoms with Crippen LogP contribution in [0.1, 0.15) is 35.3 Å². The maximum atomic E-state index is 13.1. The van der Waals surface area contributed by atoms with Crippen LogP contribution in [0.2, 0.25) is 0 Å². The number of para-hydroxylation sites is 2. The third-order valence-electron chi connectivity index (χ3n) is 4.56. The summed E-state index contributed by atoms with van der Waals surface area (Å²) in [5, 5.41) is 10.9. The molecule has 0 radical (unpaired) electrons. The molecule has 1 heterocycles. The number of fused-ring (bicyclic) bond motifs is 2. The fraction of sp³-hybridized carbons (Fsp3) is 0.0833. The molecule has 28 heavy (non-hydrogen) atoms. The summed E-state index contributed by atoms with van der Waals surface area (Å²) in [5.74, 6) is -0.446. The number of hydrogen-bond acceptors (Lipinski definition) is 4. The van der Waals surface area contributed by atoms with E-state index >= 15 is 0 Å². The van der Waals surface area contributed by atoms with E-state index < -0.39 is 0 Å². The van der Waals surface area contributed by atoms with E-state index in [1.807, 2.05) is 26.0 Å². The molecule has 4 rings (SSSR count). The van der Waals surface area contributed by atoms with Crippen LogP contribution in [0.5, 0.6) is 5.75 Å². The van der Waals surface area contributed by atoms with Crippen molar-refractivity contribution in [2.45, 2.75) is 13.8 Å². The van der Waals surface area contributed by atoms with E-state index in [2.05, 4.69) is 0 Å². The maximum Gasteiger partial charge on any atom is 0.200 e. The standard InChI is InChI=1S/C24H18O4/c1-14(2)11-16-12-15(22(26)17-7-3-5-9-20(17)25)13-19-23(27)18-8-4-6-10-21(18)28-24(16)19/h3-13,25H,1-2H3. The van der Waals surface area contributed by atoms with Gasteiger partial charge in [-0.25, -0.2) is 0 Å². The molecule has 4 nitrogen and oxygen atoms in total. The van der Waals surface area contributed by atoms with Crippen LogP contribution in [0, 0.1) is 0 Å². The van der Waals surface area contributed by atoms with Crippen molar-refractivity contribution in [3.05, 3.63) is 93.2 Å². The minimum atomic E-state index is -0.351. The Balaban J connectivity index is 2.06. The molecule has 3 aromatic carbocycles. The molecule has 0 aliphatic rings. The molecule has 0 aliphatic carbocycles. The topological polar surface area (TPSA) is 67.5 Å². The molecule has 0 unspecified atom stereocenters. The summed E-state index contributed by atoms with van der Waals surface area (Å²) < 4.78 is 6.02. The SMILES string of the molecule is CC(C)=Cc1cc(C(=O)c2ccccc2O)cc2c(=O)c3ccccc3oc12. The Morgan fingerprint density at radius 1 is 0.964 bits per heavy atom. The molecule has 1 aromatic heterocycles. The van der Waals surface area contributed by atoms with Gasteiger partial charge in [-0.1, -0.05) is 35.9 Å². The summed E-state index contributed by atoms with van der Waals surface area (Å²) in [6, 6.07) is 16.7. The molecule has 4 heteroatoms. The lowest BCUT2D eigenvalue weighted by molar-refractivity contribution is 0.103. The van der Waals surface area contributed by atoms with Crippen LogP contribution >= 0.6 is 0 Å². The van der Waals surface area contributed by atoms with E-state index in [0.29, 0.717) is 33.1 Å². The minimum Gasteiger partial charge on any atom is -0.507 e. The Labute approximate surface area is 161 Å². The summed E-state index contributed by atoms with van der Waals surface area (Å²) in [5.41, 5.74) is 2.93. The second-order valence-electron chi connectivity index (χ2n) is 6.94. The highest BCUT2D eigenvalue weighted by Crippen LogP contribution is 2.28. The number of benzene rings is 3. The second-order valence-corrected chi connectivity index (χ2v) is 6.94. The van der Waals surface area contributed by atoms with Crippen molar-refractivity contribution in [3.8, 4) is 5.75 Å². The van der Waals surface area contributed by atoms with Gasteiger partial charge in [0.1, 0.15) is 16.9 Å². The van der Waals surface area contributed by atoms with Gasteiger partial charge in [0.25, 0.3) is 0 Å². The first kappa shape index (κ1) is 17.7. The van der Waals surface area contributed by atoms with E-state index in [0.717, 1.165) is 5.57 Å². The number of allylic oxidation sites excluding steroid dienone is 1. The van der Waals surface area contributed by atoms with Crippen LogP contribution in [0.3, 0.4) is 0 Å².